The quantitative estimate of drug-likeness (QED) is 0.721. The molecule has 0 aliphatic rings. The Bertz CT molecular complexity index is 574. The number of carbonyl (C=O) groups is 3. The number of nitrogens with zero attached hydrogens (tertiary/aromatic N) is 1. The number of rotatable bonds is 8. The Morgan fingerprint density at radius 3 is 2.42 bits per heavy atom. The van der Waals surface area contributed by atoms with Crippen molar-refractivity contribution in [2.75, 3.05) is 26.7 Å². The van der Waals surface area contributed by atoms with E-state index in [4.69, 9.17) is 0 Å². The summed E-state index contributed by atoms with van der Waals surface area (Å²) >= 11 is 0. The summed E-state index contributed by atoms with van der Waals surface area (Å²) < 4.78 is 17.6. The topological polar surface area (TPSA) is 75.7 Å². The highest BCUT2D eigenvalue weighted by atomic mass is 19.1. The Labute approximate surface area is 141 Å². The average Bonchev–Trinajstić information content (AvgIpc) is 2.54. The summed E-state index contributed by atoms with van der Waals surface area (Å²) in [6.45, 7) is 3.82. The molecule has 0 heterocycles. The van der Waals surface area contributed by atoms with Crippen molar-refractivity contribution in [2.24, 2.45) is 5.92 Å². The fourth-order valence-electron chi connectivity index (χ4n) is 2.18. The second kappa shape index (κ2) is 9.64. The number of esters is 1. The number of hydrogen-bond donors (Lipinski definition) is 1. The van der Waals surface area contributed by atoms with Crippen LogP contribution in [-0.4, -0.2) is 49.4 Å². The molecule has 0 fully saturated rings. The summed E-state index contributed by atoms with van der Waals surface area (Å²) in [7, 11) is 1.29. The van der Waals surface area contributed by atoms with Crippen LogP contribution in [0.15, 0.2) is 24.3 Å². The lowest BCUT2D eigenvalue weighted by Crippen LogP contribution is -2.42. The number of methoxy groups -OCH3 is 1. The summed E-state index contributed by atoms with van der Waals surface area (Å²) in [5.74, 6) is -1.66. The third-order valence-electron chi connectivity index (χ3n) is 3.47. The Morgan fingerprint density at radius 2 is 1.88 bits per heavy atom. The van der Waals surface area contributed by atoms with E-state index < -0.39 is 11.9 Å². The molecular weight excluding hydrogens is 315 g/mol. The Kier molecular flexibility index (Phi) is 7.88. The molecule has 1 rings (SSSR count). The van der Waals surface area contributed by atoms with E-state index in [1.54, 1.807) is 19.1 Å². The number of carbonyl (C=O) groups excluding carboxylic acids is 3. The van der Waals surface area contributed by atoms with Gasteiger partial charge in [0.2, 0.25) is 11.8 Å². The molecule has 6 nitrogen and oxygen atoms in total. The molecule has 1 atom stereocenters. The molecule has 132 valence electrons. The van der Waals surface area contributed by atoms with E-state index in [1.807, 2.05) is 0 Å². The molecular formula is C17H23FN2O4. The van der Waals surface area contributed by atoms with Crippen LogP contribution in [-0.2, 0) is 25.5 Å². The maximum atomic E-state index is 12.9. The molecule has 24 heavy (non-hydrogen) atoms. The predicted molar refractivity (Wildman–Crippen MR) is 86.5 cm³/mol. The Hall–Kier alpha value is -2.44. The third kappa shape index (κ3) is 6.76. The van der Waals surface area contributed by atoms with Crippen LogP contribution >= 0.6 is 0 Å². The average molecular weight is 338 g/mol. The van der Waals surface area contributed by atoms with Gasteiger partial charge < -0.3 is 15.0 Å². The van der Waals surface area contributed by atoms with E-state index in [1.165, 1.54) is 31.1 Å². The fourth-order valence-corrected chi connectivity index (χ4v) is 2.18. The molecule has 0 aliphatic heterocycles. The van der Waals surface area contributed by atoms with Crippen molar-refractivity contribution in [1.82, 2.24) is 10.2 Å². The van der Waals surface area contributed by atoms with Gasteiger partial charge in [0.15, 0.2) is 0 Å². The summed E-state index contributed by atoms with van der Waals surface area (Å²) in [6, 6.07) is 5.68. The van der Waals surface area contributed by atoms with Crippen LogP contribution in [0.1, 0.15) is 19.4 Å². The van der Waals surface area contributed by atoms with Gasteiger partial charge in [-0.25, -0.2) is 4.39 Å². The van der Waals surface area contributed by atoms with Crippen molar-refractivity contribution in [2.45, 2.75) is 20.3 Å². The van der Waals surface area contributed by atoms with Crippen LogP contribution < -0.4 is 5.32 Å². The second-order valence-corrected chi connectivity index (χ2v) is 5.55. The van der Waals surface area contributed by atoms with Crippen molar-refractivity contribution >= 4 is 17.8 Å². The standard InChI is InChI=1S/C17H23FN2O4/c1-12(17(23)24-3)11-20(9-8-19-13(2)21)16(22)10-14-4-6-15(18)7-5-14/h4-7,12H,8-11H2,1-3H3,(H,19,21). The van der Waals surface area contributed by atoms with Gasteiger partial charge in [0.25, 0.3) is 0 Å². The molecule has 1 N–H and O–H groups in total. The first-order chi connectivity index (χ1) is 11.3. The lowest BCUT2D eigenvalue weighted by Gasteiger charge is -2.25. The summed E-state index contributed by atoms with van der Waals surface area (Å²) in [6.07, 6.45) is 0.0915. The van der Waals surface area contributed by atoms with Gasteiger partial charge >= 0.3 is 5.97 Å². The SMILES string of the molecule is COC(=O)C(C)CN(CCNC(C)=O)C(=O)Cc1ccc(F)cc1. The van der Waals surface area contributed by atoms with Crippen molar-refractivity contribution in [1.29, 1.82) is 0 Å². The summed E-state index contributed by atoms with van der Waals surface area (Å²) in [4.78, 5) is 36.5. The van der Waals surface area contributed by atoms with Gasteiger partial charge in [-0.15, -0.1) is 0 Å². The first-order valence-corrected chi connectivity index (χ1v) is 7.68. The number of ether oxygens (including phenoxy) is 1. The molecule has 7 heteroatoms. The second-order valence-electron chi connectivity index (χ2n) is 5.55. The van der Waals surface area contributed by atoms with Crippen molar-refractivity contribution in [3.63, 3.8) is 0 Å². The minimum Gasteiger partial charge on any atom is -0.469 e. The predicted octanol–water partition coefficient (Wildman–Crippen LogP) is 1.14. The molecule has 0 bridgehead atoms. The molecule has 1 unspecified atom stereocenters. The highest BCUT2D eigenvalue weighted by Crippen LogP contribution is 2.08. The van der Waals surface area contributed by atoms with E-state index in [2.05, 4.69) is 10.1 Å². The van der Waals surface area contributed by atoms with E-state index in [0.29, 0.717) is 12.1 Å². The number of hydrogen-bond acceptors (Lipinski definition) is 4. The minimum absolute atomic E-state index is 0.0915. The molecule has 0 saturated heterocycles. The Morgan fingerprint density at radius 1 is 1.25 bits per heavy atom. The van der Waals surface area contributed by atoms with Gasteiger partial charge in [0, 0.05) is 26.6 Å². The maximum Gasteiger partial charge on any atom is 0.310 e. The van der Waals surface area contributed by atoms with Crippen molar-refractivity contribution in [3.05, 3.63) is 35.6 Å². The van der Waals surface area contributed by atoms with Crippen LogP contribution in [0.2, 0.25) is 0 Å². The van der Waals surface area contributed by atoms with Crippen LogP contribution in [0.3, 0.4) is 0 Å². The van der Waals surface area contributed by atoms with Gasteiger partial charge in [-0.05, 0) is 17.7 Å². The summed E-state index contributed by atoms with van der Waals surface area (Å²) in [5, 5.41) is 2.62. The van der Waals surface area contributed by atoms with Gasteiger partial charge in [-0.3, -0.25) is 14.4 Å². The van der Waals surface area contributed by atoms with Crippen LogP contribution in [0.4, 0.5) is 4.39 Å². The molecule has 2 amide bonds. The van der Waals surface area contributed by atoms with E-state index in [9.17, 15) is 18.8 Å². The number of nitrogens with one attached hydrogen (secondary N) is 1. The first kappa shape index (κ1) is 19.6. The number of benzene rings is 1. The molecule has 0 radical (unpaired) electrons. The largest absolute Gasteiger partial charge is 0.469 e. The number of halogens is 1. The molecule has 0 aliphatic carbocycles. The number of amides is 2. The van der Waals surface area contributed by atoms with E-state index >= 15 is 0 Å². The normalized spacial score (nSPS) is 11.5. The van der Waals surface area contributed by atoms with E-state index in [0.717, 1.165) is 0 Å². The zero-order valence-electron chi connectivity index (χ0n) is 14.2. The molecule has 1 aromatic rings. The van der Waals surface area contributed by atoms with Crippen LogP contribution in [0, 0.1) is 11.7 Å². The third-order valence-corrected chi connectivity index (χ3v) is 3.47. The molecule has 1 aromatic carbocycles. The van der Waals surface area contributed by atoms with Gasteiger partial charge in [-0.2, -0.15) is 0 Å². The fraction of sp³-hybridized carbons (Fsp3) is 0.471. The van der Waals surface area contributed by atoms with Gasteiger partial charge in [0.1, 0.15) is 5.82 Å². The van der Waals surface area contributed by atoms with Gasteiger partial charge in [-0.1, -0.05) is 19.1 Å². The monoisotopic (exact) mass is 338 g/mol. The zero-order chi connectivity index (χ0) is 18.1. The maximum absolute atomic E-state index is 12.9. The van der Waals surface area contributed by atoms with Crippen LogP contribution in [0.5, 0.6) is 0 Å². The van der Waals surface area contributed by atoms with Gasteiger partial charge in [0.05, 0.1) is 19.4 Å². The first-order valence-electron chi connectivity index (χ1n) is 7.68. The van der Waals surface area contributed by atoms with Crippen LogP contribution in [0.25, 0.3) is 0 Å². The molecule has 0 spiro atoms. The minimum atomic E-state index is -0.482. The van der Waals surface area contributed by atoms with Crippen molar-refractivity contribution < 1.29 is 23.5 Å². The zero-order valence-corrected chi connectivity index (χ0v) is 14.2. The van der Waals surface area contributed by atoms with E-state index in [-0.39, 0.29) is 37.1 Å². The highest BCUT2D eigenvalue weighted by Gasteiger charge is 2.21. The van der Waals surface area contributed by atoms with Crippen molar-refractivity contribution in [3.8, 4) is 0 Å². The molecule has 0 aromatic heterocycles. The smallest absolute Gasteiger partial charge is 0.310 e. The Balaban J connectivity index is 2.73. The lowest BCUT2D eigenvalue weighted by atomic mass is 10.1. The lowest BCUT2D eigenvalue weighted by molar-refractivity contribution is -0.146. The highest BCUT2D eigenvalue weighted by molar-refractivity contribution is 5.80. The molecule has 0 saturated carbocycles. The summed E-state index contributed by atoms with van der Waals surface area (Å²) in [5.41, 5.74) is 0.677.